The molecule has 2 amide bonds. The molecule has 1 saturated carbocycles. The molecule has 0 aliphatic heterocycles. The smallest absolute Gasteiger partial charge is 0.251 e. The first-order chi connectivity index (χ1) is 19.4. The Labute approximate surface area is 239 Å². The summed E-state index contributed by atoms with van der Waals surface area (Å²) in [5.41, 5.74) is 4.57. The van der Waals surface area contributed by atoms with E-state index in [0.29, 0.717) is 35.9 Å². The molecule has 1 aromatic carbocycles. The SMILES string of the molecule is C#C/C=C\C(=C/C)NC(=O)/C(=C/CC=C(C=C)c1nc2ccc(NC(=O)C3CCC(C)CC3)cc2[nH]1)CC.CC. The van der Waals surface area contributed by atoms with Crippen LogP contribution in [0.1, 0.15) is 79.0 Å². The van der Waals surface area contributed by atoms with Crippen LogP contribution in [0.25, 0.3) is 16.6 Å². The van der Waals surface area contributed by atoms with Crippen molar-refractivity contribution in [3.63, 3.8) is 0 Å². The van der Waals surface area contributed by atoms with Gasteiger partial charge in [-0.1, -0.05) is 64.5 Å². The third kappa shape index (κ3) is 9.27. The molecular formula is C34H44N4O2. The van der Waals surface area contributed by atoms with Crippen molar-refractivity contribution in [1.82, 2.24) is 15.3 Å². The molecule has 40 heavy (non-hydrogen) atoms. The van der Waals surface area contributed by atoms with Crippen LogP contribution >= 0.6 is 0 Å². The molecule has 0 spiro atoms. The molecular weight excluding hydrogens is 496 g/mol. The monoisotopic (exact) mass is 540 g/mol. The highest BCUT2D eigenvalue weighted by Crippen LogP contribution is 2.29. The van der Waals surface area contributed by atoms with Gasteiger partial charge in [0, 0.05) is 28.4 Å². The van der Waals surface area contributed by atoms with E-state index in [0.717, 1.165) is 48.0 Å². The fraction of sp³-hybridized carbons (Fsp3) is 0.382. The topological polar surface area (TPSA) is 86.9 Å². The Morgan fingerprint density at radius 3 is 2.55 bits per heavy atom. The van der Waals surface area contributed by atoms with Crippen molar-refractivity contribution in [2.75, 3.05) is 5.32 Å². The van der Waals surface area contributed by atoms with E-state index in [9.17, 15) is 9.59 Å². The number of nitrogens with one attached hydrogen (secondary N) is 3. The van der Waals surface area contributed by atoms with Gasteiger partial charge < -0.3 is 15.6 Å². The molecule has 212 valence electrons. The first-order valence-corrected chi connectivity index (χ1v) is 14.3. The minimum Gasteiger partial charge on any atom is -0.338 e. The van der Waals surface area contributed by atoms with Gasteiger partial charge in [-0.2, -0.15) is 0 Å². The number of imidazole rings is 1. The van der Waals surface area contributed by atoms with E-state index in [-0.39, 0.29) is 17.7 Å². The van der Waals surface area contributed by atoms with E-state index >= 15 is 0 Å². The molecule has 3 rings (SSSR count). The third-order valence-electron chi connectivity index (χ3n) is 6.93. The number of nitrogens with zero attached hydrogens (tertiary/aromatic N) is 1. The lowest BCUT2D eigenvalue weighted by Crippen LogP contribution is -2.26. The van der Waals surface area contributed by atoms with Crippen molar-refractivity contribution in [2.24, 2.45) is 11.8 Å². The van der Waals surface area contributed by atoms with E-state index in [2.05, 4.69) is 35.0 Å². The van der Waals surface area contributed by atoms with E-state index < -0.39 is 0 Å². The largest absolute Gasteiger partial charge is 0.338 e. The molecule has 1 aliphatic carbocycles. The molecule has 1 aromatic heterocycles. The quantitative estimate of drug-likeness (QED) is 0.163. The molecule has 0 saturated heterocycles. The van der Waals surface area contributed by atoms with E-state index in [1.54, 1.807) is 24.3 Å². The maximum absolute atomic E-state index is 12.7. The van der Waals surface area contributed by atoms with Crippen LogP contribution in [-0.2, 0) is 9.59 Å². The summed E-state index contributed by atoms with van der Waals surface area (Å²) in [7, 11) is 0. The van der Waals surface area contributed by atoms with Crippen LogP contribution in [0.3, 0.4) is 0 Å². The number of aromatic amines is 1. The number of terminal acetylenes is 1. The zero-order valence-corrected chi connectivity index (χ0v) is 24.6. The first-order valence-electron chi connectivity index (χ1n) is 14.3. The molecule has 6 nitrogen and oxygen atoms in total. The van der Waals surface area contributed by atoms with Crippen LogP contribution in [0.15, 0.2) is 72.5 Å². The fourth-order valence-electron chi connectivity index (χ4n) is 4.55. The highest BCUT2D eigenvalue weighted by atomic mass is 16.2. The van der Waals surface area contributed by atoms with Gasteiger partial charge >= 0.3 is 0 Å². The predicted molar refractivity (Wildman–Crippen MR) is 168 cm³/mol. The normalized spacial score (nSPS) is 18.1. The first kappa shape index (κ1) is 32.1. The molecule has 0 bridgehead atoms. The second kappa shape index (κ2) is 16.8. The van der Waals surface area contributed by atoms with Crippen LogP contribution in [0.2, 0.25) is 0 Å². The number of rotatable bonds is 10. The van der Waals surface area contributed by atoms with Crippen LogP contribution in [0.4, 0.5) is 5.69 Å². The summed E-state index contributed by atoms with van der Waals surface area (Å²) in [6.07, 6.45) is 21.2. The Morgan fingerprint density at radius 1 is 1.20 bits per heavy atom. The summed E-state index contributed by atoms with van der Waals surface area (Å²) in [5, 5.41) is 5.96. The molecule has 0 unspecified atom stereocenters. The Morgan fingerprint density at radius 2 is 1.93 bits per heavy atom. The van der Waals surface area contributed by atoms with Crippen LogP contribution < -0.4 is 10.6 Å². The standard InChI is InChI=1S/C32H38N4O2.C2H6/c1-6-10-14-26(9-4)33-31(37)24(8-3)13-11-12-23(7-2)30-35-28-20-19-27(21-29(28)36-30)34-32(38)25-17-15-22(5)16-18-25;1-2/h1,7,9-10,12-14,19-22,25H,2,8,11,15-18H2,3-5H3,(H,33,37)(H,34,38)(H,35,36);1-2H3/b14-10-,23-12?,24-13+,26-9+;. The van der Waals surface area contributed by atoms with Gasteiger partial charge in [0.15, 0.2) is 0 Å². The number of aromatic nitrogens is 2. The van der Waals surface area contributed by atoms with Crippen LogP contribution in [-0.4, -0.2) is 21.8 Å². The third-order valence-corrected chi connectivity index (χ3v) is 6.93. The second-order valence-electron chi connectivity index (χ2n) is 9.64. The van der Waals surface area contributed by atoms with Gasteiger partial charge in [-0.3, -0.25) is 9.59 Å². The van der Waals surface area contributed by atoms with Crippen molar-refractivity contribution in [3.05, 3.63) is 78.3 Å². The van der Waals surface area contributed by atoms with Gasteiger partial charge in [0.1, 0.15) is 5.82 Å². The summed E-state index contributed by atoms with van der Waals surface area (Å²) in [5.74, 6) is 3.84. The minimum absolute atomic E-state index is 0.0849. The number of hydrogen-bond acceptors (Lipinski definition) is 3. The van der Waals surface area contributed by atoms with Gasteiger partial charge in [0.25, 0.3) is 5.91 Å². The van der Waals surface area contributed by atoms with Crippen LogP contribution in [0, 0.1) is 24.2 Å². The van der Waals surface area contributed by atoms with Gasteiger partial charge in [-0.25, -0.2) is 4.98 Å². The highest BCUT2D eigenvalue weighted by molar-refractivity contribution is 5.95. The maximum atomic E-state index is 12.7. The number of benzene rings is 1. The summed E-state index contributed by atoms with van der Waals surface area (Å²) >= 11 is 0. The van der Waals surface area contributed by atoms with E-state index in [1.807, 2.05) is 58.0 Å². The zero-order valence-electron chi connectivity index (χ0n) is 24.6. The van der Waals surface area contributed by atoms with Crippen molar-refractivity contribution < 1.29 is 9.59 Å². The Kier molecular flexibility index (Phi) is 13.5. The molecule has 2 aromatic rings. The molecule has 0 radical (unpaired) electrons. The lowest BCUT2D eigenvalue weighted by atomic mass is 9.82. The molecule has 3 N–H and O–H groups in total. The van der Waals surface area contributed by atoms with Crippen molar-refractivity contribution in [1.29, 1.82) is 0 Å². The number of allylic oxidation sites excluding steroid dienone is 7. The Balaban J connectivity index is 0.00000274. The number of anilines is 1. The molecule has 1 fully saturated rings. The summed E-state index contributed by atoms with van der Waals surface area (Å²) in [6, 6.07) is 5.71. The van der Waals surface area contributed by atoms with E-state index in [1.165, 1.54) is 0 Å². The average molecular weight is 541 g/mol. The Bertz CT molecular complexity index is 1330. The van der Waals surface area contributed by atoms with Gasteiger partial charge in [-0.05, 0) is 81.7 Å². The number of hydrogen-bond donors (Lipinski definition) is 3. The molecule has 6 heteroatoms. The molecule has 1 aliphatic rings. The van der Waals surface area contributed by atoms with E-state index in [4.69, 9.17) is 11.4 Å². The van der Waals surface area contributed by atoms with Crippen molar-refractivity contribution in [3.8, 4) is 12.3 Å². The lowest BCUT2D eigenvalue weighted by Gasteiger charge is -2.25. The lowest BCUT2D eigenvalue weighted by molar-refractivity contribution is -0.121. The van der Waals surface area contributed by atoms with Crippen molar-refractivity contribution in [2.45, 2.75) is 73.1 Å². The molecule has 1 heterocycles. The number of amides is 2. The van der Waals surface area contributed by atoms with Gasteiger partial charge in [0.05, 0.1) is 11.0 Å². The zero-order chi connectivity index (χ0) is 29.5. The van der Waals surface area contributed by atoms with Crippen molar-refractivity contribution >= 4 is 34.1 Å². The average Bonchev–Trinajstić information content (AvgIpc) is 3.39. The fourth-order valence-corrected chi connectivity index (χ4v) is 4.55. The predicted octanol–water partition coefficient (Wildman–Crippen LogP) is 7.86. The van der Waals surface area contributed by atoms with Gasteiger partial charge in [-0.15, -0.1) is 6.42 Å². The molecule has 0 atom stereocenters. The second-order valence-corrected chi connectivity index (χ2v) is 9.64. The number of fused-ring (bicyclic) bond motifs is 1. The van der Waals surface area contributed by atoms with Gasteiger partial charge in [0.2, 0.25) is 5.91 Å². The highest BCUT2D eigenvalue weighted by Gasteiger charge is 2.24. The summed E-state index contributed by atoms with van der Waals surface area (Å²) in [4.78, 5) is 33.4. The number of carbonyl (C=O) groups excluding carboxylic acids is 2. The number of H-pyrrole nitrogens is 1. The van der Waals surface area contributed by atoms with Crippen LogP contribution in [0.5, 0.6) is 0 Å². The summed E-state index contributed by atoms with van der Waals surface area (Å²) in [6.45, 7) is 14.0. The Hall–Kier alpha value is -4.11. The maximum Gasteiger partial charge on any atom is 0.251 e. The minimum atomic E-state index is -0.156. The summed E-state index contributed by atoms with van der Waals surface area (Å²) < 4.78 is 0. The number of carbonyl (C=O) groups is 2.